The number of hydrogen-bond donors (Lipinski definition) is 1. The van der Waals surface area contributed by atoms with E-state index in [0.29, 0.717) is 22.8 Å². The van der Waals surface area contributed by atoms with Crippen molar-refractivity contribution in [3.63, 3.8) is 0 Å². The van der Waals surface area contributed by atoms with Crippen LogP contribution in [0.25, 0.3) is 32.0 Å². The molecule has 0 saturated carbocycles. The zero-order chi connectivity index (χ0) is 18.4. The van der Waals surface area contributed by atoms with Crippen molar-refractivity contribution in [3.8, 4) is 10.8 Å². The van der Waals surface area contributed by atoms with Crippen LogP contribution >= 0.6 is 11.3 Å². The number of fused-ring (bicyclic) bond motifs is 2. The molecule has 3 heterocycles. The van der Waals surface area contributed by atoms with E-state index in [1.165, 1.54) is 11.3 Å². The molecule has 2 aromatic carbocycles. The normalized spacial score (nSPS) is 17.7. The van der Waals surface area contributed by atoms with E-state index < -0.39 is 0 Å². The number of benzene rings is 2. The van der Waals surface area contributed by atoms with Gasteiger partial charge in [-0.2, -0.15) is 0 Å². The summed E-state index contributed by atoms with van der Waals surface area (Å²) in [6.45, 7) is 4.99. The first-order valence-electron chi connectivity index (χ1n) is 9.09. The van der Waals surface area contributed by atoms with Crippen LogP contribution in [0.5, 0.6) is 0 Å². The Morgan fingerprint density at radius 3 is 2.96 bits per heavy atom. The molecule has 27 heavy (non-hydrogen) atoms. The predicted octanol–water partition coefficient (Wildman–Crippen LogP) is 3.87. The molecule has 0 amide bonds. The lowest BCUT2D eigenvalue weighted by Crippen LogP contribution is -2.49. The summed E-state index contributed by atoms with van der Waals surface area (Å²) in [4.78, 5) is 19.7. The minimum Gasteiger partial charge on any atom is -0.453 e. The third-order valence-electron chi connectivity index (χ3n) is 4.95. The zero-order valence-electron chi connectivity index (χ0n) is 14.9. The van der Waals surface area contributed by atoms with E-state index >= 15 is 0 Å². The summed E-state index contributed by atoms with van der Waals surface area (Å²) in [5.74, 6) is 0.525. The number of nitrogens with one attached hydrogen (secondary N) is 1. The third kappa shape index (κ3) is 3.01. The van der Waals surface area contributed by atoms with Gasteiger partial charge in [0.25, 0.3) is 0 Å². The average molecular weight is 377 g/mol. The van der Waals surface area contributed by atoms with Crippen molar-refractivity contribution in [2.24, 2.45) is 0 Å². The molecule has 0 bridgehead atoms. The standard InChI is InChI=1S/C21H19N3O2S/c1-13-12-24(9-8-22-13)14-6-7-18-15(10-14)17(25)11-19(26-18)21-23-16-4-2-3-5-20(16)27-21/h2-7,10-11,13,22H,8-9,12H2,1H3/t13-/m0/s1. The monoisotopic (exact) mass is 377 g/mol. The second kappa shape index (κ2) is 6.48. The van der Waals surface area contributed by atoms with Crippen molar-refractivity contribution < 1.29 is 4.42 Å². The zero-order valence-corrected chi connectivity index (χ0v) is 15.8. The summed E-state index contributed by atoms with van der Waals surface area (Å²) in [7, 11) is 0. The minimum atomic E-state index is -0.0319. The Morgan fingerprint density at radius 2 is 2.11 bits per heavy atom. The van der Waals surface area contributed by atoms with Gasteiger partial charge in [-0.1, -0.05) is 12.1 Å². The molecule has 1 saturated heterocycles. The van der Waals surface area contributed by atoms with Crippen LogP contribution in [0.4, 0.5) is 5.69 Å². The molecule has 136 valence electrons. The molecule has 4 aromatic rings. The Kier molecular flexibility index (Phi) is 3.95. The third-order valence-corrected chi connectivity index (χ3v) is 6.00. The molecular formula is C21H19N3O2S. The number of hydrogen-bond acceptors (Lipinski definition) is 6. The number of para-hydroxylation sites is 1. The molecule has 5 nitrogen and oxygen atoms in total. The van der Waals surface area contributed by atoms with Gasteiger partial charge in [0.1, 0.15) is 5.58 Å². The van der Waals surface area contributed by atoms with Gasteiger partial charge < -0.3 is 14.6 Å². The van der Waals surface area contributed by atoms with Crippen LogP contribution in [0, 0.1) is 0 Å². The van der Waals surface area contributed by atoms with Gasteiger partial charge in [-0.25, -0.2) is 4.98 Å². The van der Waals surface area contributed by atoms with Gasteiger partial charge in [0.05, 0.1) is 15.6 Å². The lowest BCUT2D eigenvalue weighted by molar-refractivity contribution is 0.485. The fourth-order valence-electron chi connectivity index (χ4n) is 3.59. The van der Waals surface area contributed by atoms with Gasteiger partial charge in [-0.05, 0) is 37.3 Å². The largest absolute Gasteiger partial charge is 0.453 e. The number of piperazine rings is 1. The van der Waals surface area contributed by atoms with Crippen molar-refractivity contribution in [3.05, 3.63) is 58.8 Å². The molecular weight excluding hydrogens is 358 g/mol. The van der Waals surface area contributed by atoms with Gasteiger partial charge in [0, 0.05) is 37.4 Å². The van der Waals surface area contributed by atoms with Crippen molar-refractivity contribution in [2.75, 3.05) is 24.5 Å². The number of anilines is 1. The molecule has 5 rings (SSSR count). The van der Waals surface area contributed by atoms with Gasteiger partial charge in [0.2, 0.25) is 0 Å². The maximum Gasteiger partial charge on any atom is 0.193 e. The average Bonchev–Trinajstić information content (AvgIpc) is 3.12. The van der Waals surface area contributed by atoms with E-state index in [1.807, 2.05) is 42.5 Å². The Labute approximate surface area is 160 Å². The molecule has 1 aliphatic heterocycles. The summed E-state index contributed by atoms with van der Waals surface area (Å²) in [5.41, 5.74) is 2.55. The highest BCUT2D eigenvalue weighted by atomic mass is 32.1. The second-order valence-corrected chi connectivity index (χ2v) is 7.97. The number of thiazole rings is 1. The maximum atomic E-state index is 12.8. The first kappa shape index (κ1) is 16.5. The Balaban J connectivity index is 1.57. The fraction of sp³-hybridized carbons (Fsp3) is 0.238. The number of nitrogens with zero attached hydrogens (tertiary/aromatic N) is 2. The van der Waals surface area contributed by atoms with Gasteiger partial charge >= 0.3 is 0 Å². The maximum absolute atomic E-state index is 12.8. The predicted molar refractivity (Wildman–Crippen MR) is 111 cm³/mol. The first-order valence-corrected chi connectivity index (χ1v) is 9.91. The highest BCUT2D eigenvalue weighted by Gasteiger charge is 2.17. The highest BCUT2D eigenvalue weighted by molar-refractivity contribution is 7.21. The topological polar surface area (TPSA) is 58.4 Å². The van der Waals surface area contributed by atoms with Crippen LogP contribution in [-0.4, -0.2) is 30.7 Å². The summed E-state index contributed by atoms with van der Waals surface area (Å²) in [5, 5.41) is 4.79. The molecule has 2 aromatic heterocycles. The van der Waals surface area contributed by atoms with Crippen LogP contribution in [-0.2, 0) is 0 Å². The number of rotatable bonds is 2. The van der Waals surface area contributed by atoms with E-state index in [1.54, 1.807) is 6.07 Å². The summed E-state index contributed by atoms with van der Waals surface area (Å²) in [6, 6.07) is 15.8. The van der Waals surface area contributed by atoms with E-state index in [4.69, 9.17) is 4.42 Å². The Morgan fingerprint density at radius 1 is 1.22 bits per heavy atom. The van der Waals surface area contributed by atoms with Gasteiger partial charge in [-0.3, -0.25) is 4.79 Å². The highest BCUT2D eigenvalue weighted by Crippen LogP contribution is 2.31. The van der Waals surface area contributed by atoms with Crippen LogP contribution in [0.3, 0.4) is 0 Å². The van der Waals surface area contributed by atoms with Crippen LogP contribution in [0.2, 0.25) is 0 Å². The van der Waals surface area contributed by atoms with Gasteiger partial charge in [0.15, 0.2) is 16.2 Å². The Bertz CT molecular complexity index is 1160. The van der Waals surface area contributed by atoms with E-state index in [-0.39, 0.29) is 5.43 Å². The summed E-state index contributed by atoms with van der Waals surface area (Å²) >= 11 is 1.53. The number of aromatic nitrogens is 1. The molecule has 0 radical (unpaired) electrons. The van der Waals surface area contributed by atoms with Crippen LogP contribution < -0.4 is 15.6 Å². The summed E-state index contributed by atoms with van der Waals surface area (Å²) in [6.07, 6.45) is 0. The molecule has 1 N–H and O–H groups in total. The molecule has 0 aliphatic carbocycles. The second-order valence-electron chi connectivity index (χ2n) is 6.94. The smallest absolute Gasteiger partial charge is 0.193 e. The quantitative estimate of drug-likeness (QED) is 0.575. The van der Waals surface area contributed by atoms with Crippen molar-refractivity contribution in [1.29, 1.82) is 0 Å². The fourth-order valence-corrected chi connectivity index (χ4v) is 4.51. The van der Waals surface area contributed by atoms with E-state index in [0.717, 1.165) is 40.5 Å². The van der Waals surface area contributed by atoms with E-state index in [2.05, 4.69) is 22.1 Å². The van der Waals surface area contributed by atoms with Gasteiger partial charge in [-0.15, -0.1) is 11.3 Å². The molecule has 0 unspecified atom stereocenters. The lowest BCUT2D eigenvalue weighted by Gasteiger charge is -2.33. The van der Waals surface area contributed by atoms with Crippen molar-refractivity contribution in [2.45, 2.75) is 13.0 Å². The summed E-state index contributed by atoms with van der Waals surface area (Å²) < 4.78 is 7.12. The lowest BCUT2D eigenvalue weighted by atomic mass is 10.1. The van der Waals surface area contributed by atoms with Crippen molar-refractivity contribution >= 4 is 38.2 Å². The molecule has 1 fully saturated rings. The molecule has 1 atom stereocenters. The van der Waals surface area contributed by atoms with Crippen LogP contribution in [0.15, 0.2) is 57.7 Å². The minimum absolute atomic E-state index is 0.0319. The molecule has 0 spiro atoms. The molecule has 6 heteroatoms. The van der Waals surface area contributed by atoms with E-state index in [9.17, 15) is 4.79 Å². The van der Waals surface area contributed by atoms with Crippen LogP contribution in [0.1, 0.15) is 6.92 Å². The Hall–Kier alpha value is -2.70. The first-order chi connectivity index (χ1) is 13.2. The van der Waals surface area contributed by atoms with Crippen molar-refractivity contribution in [1.82, 2.24) is 10.3 Å². The molecule has 1 aliphatic rings. The SMILES string of the molecule is C[C@H]1CN(c2ccc3oc(-c4nc5ccccc5s4)cc(=O)c3c2)CCN1.